The topological polar surface area (TPSA) is 125 Å². The Labute approximate surface area is 188 Å². The van der Waals surface area contributed by atoms with Crippen molar-refractivity contribution in [2.45, 2.75) is 19.1 Å². The van der Waals surface area contributed by atoms with Gasteiger partial charge in [0.25, 0.3) is 5.91 Å². The smallest absolute Gasteiger partial charge is 0.274 e. The molecule has 1 aromatic carbocycles. The first-order chi connectivity index (χ1) is 15.7. The van der Waals surface area contributed by atoms with Crippen LogP contribution in [0.2, 0.25) is 0 Å². The van der Waals surface area contributed by atoms with Crippen molar-refractivity contribution >= 4 is 17.3 Å². The maximum Gasteiger partial charge on any atom is 0.274 e. The van der Waals surface area contributed by atoms with Crippen LogP contribution in [0.5, 0.6) is 5.75 Å². The Balaban J connectivity index is 1.62. The van der Waals surface area contributed by atoms with E-state index in [0.29, 0.717) is 24.5 Å². The van der Waals surface area contributed by atoms with Crippen molar-refractivity contribution in [2.75, 3.05) is 23.3 Å². The average Bonchev–Trinajstić information content (AvgIpc) is 2.79. The summed E-state index contributed by atoms with van der Waals surface area (Å²) in [7, 11) is 0. The second-order valence-electron chi connectivity index (χ2n) is 8.07. The minimum absolute atomic E-state index is 0.0797. The Morgan fingerprint density at radius 3 is 2.70 bits per heavy atom. The van der Waals surface area contributed by atoms with Crippen molar-refractivity contribution in [3.05, 3.63) is 66.1 Å². The van der Waals surface area contributed by atoms with Crippen LogP contribution < -0.4 is 16.0 Å². The Hall–Kier alpha value is -3.63. The summed E-state index contributed by atoms with van der Waals surface area (Å²) < 4.78 is 28.6. The van der Waals surface area contributed by atoms with Gasteiger partial charge in [0.05, 0.1) is 23.7 Å². The number of carbonyl (C=O) groups is 1. The first-order valence-electron chi connectivity index (χ1n) is 10.3. The van der Waals surface area contributed by atoms with E-state index in [1.165, 1.54) is 12.3 Å². The van der Waals surface area contributed by atoms with Gasteiger partial charge in [-0.2, -0.15) is 0 Å². The molecule has 3 aromatic rings. The maximum atomic E-state index is 14.4. The first kappa shape index (κ1) is 22.6. The third-order valence-electron chi connectivity index (χ3n) is 5.63. The lowest BCUT2D eigenvalue weighted by Gasteiger charge is -2.40. The quantitative estimate of drug-likeness (QED) is 0.477. The number of rotatable bonds is 4. The standard InChI is InChI=1S/C23H23F2N5O3/c1-12-10-30(11-17(26)22(12)32)20-6-7-27-9-19(20)29-23(33)18-5-4-16(25)21(28-18)14-8-13(31)2-3-15(14)24/h2-9,12,17,22,31-32H,10-11,26H2,1H3,(H,29,33)/t12-,17+,22+/m0/s1. The number of hydrogen-bond donors (Lipinski definition) is 4. The lowest BCUT2D eigenvalue weighted by atomic mass is 9.92. The number of nitrogens with one attached hydrogen (secondary N) is 1. The fraction of sp³-hybridized carbons (Fsp3) is 0.261. The molecule has 3 atom stereocenters. The molecular formula is C23H23F2N5O3. The van der Waals surface area contributed by atoms with E-state index in [0.717, 1.165) is 24.3 Å². The predicted octanol–water partition coefficient (Wildman–Crippen LogP) is 2.52. The number of benzene rings is 1. The molecule has 0 aliphatic carbocycles. The third-order valence-corrected chi connectivity index (χ3v) is 5.63. The second-order valence-corrected chi connectivity index (χ2v) is 8.07. The highest BCUT2D eigenvalue weighted by Gasteiger charge is 2.32. The molecule has 2 aromatic heterocycles. The van der Waals surface area contributed by atoms with Gasteiger partial charge >= 0.3 is 0 Å². The highest BCUT2D eigenvalue weighted by Crippen LogP contribution is 2.30. The summed E-state index contributed by atoms with van der Waals surface area (Å²) in [5.74, 6) is -2.62. The molecule has 1 aliphatic rings. The summed E-state index contributed by atoms with van der Waals surface area (Å²) in [5, 5.41) is 22.5. The van der Waals surface area contributed by atoms with E-state index in [1.807, 2.05) is 11.8 Å². The number of anilines is 2. The zero-order valence-electron chi connectivity index (χ0n) is 17.7. The van der Waals surface area contributed by atoms with Gasteiger partial charge in [0.15, 0.2) is 0 Å². The van der Waals surface area contributed by atoms with Crippen LogP contribution in [0.4, 0.5) is 20.2 Å². The van der Waals surface area contributed by atoms with E-state index in [9.17, 15) is 23.8 Å². The summed E-state index contributed by atoms with van der Waals surface area (Å²) in [4.78, 5) is 22.9. The molecule has 1 saturated heterocycles. The molecule has 0 spiro atoms. The van der Waals surface area contributed by atoms with Gasteiger partial charge in [-0.3, -0.25) is 9.78 Å². The number of pyridine rings is 2. The Morgan fingerprint density at radius 2 is 1.94 bits per heavy atom. The number of aromatic nitrogens is 2. The summed E-state index contributed by atoms with van der Waals surface area (Å²) >= 11 is 0. The number of aliphatic hydroxyl groups excluding tert-OH is 1. The number of nitrogens with two attached hydrogens (primary N) is 1. The molecule has 1 fully saturated rings. The van der Waals surface area contributed by atoms with Crippen LogP contribution >= 0.6 is 0 Å². The van der Waals surface area contributed by atoms with Crippen molar-refractivity contribution in [2.24, 2.45) is 11.7 Å². The van der Waals surface area contributed by atoms with Gasteiger partial charge in [0.1, 0.15) is 28.8 Å². The fourth-order valence-corrected chi connectivity index (χ4v) is 3.91. The molecule has 4 rings (SSSR count). The van der Waals surface area contributed by atoms with Gasteiger partial charge in [-0.15, -0.1) is 0 Å². The number of halogens is 2. The summed E-state index contributed by atoms with van der Waals surface area (Å²) in [6.07, 6.45) is 2.42. The summed E-state index contributed by atoms with van der Waals surface area (Å²) in [6.45, 7) is 2.80. The first-order valence-corrected chi connectivity index (χ1v) is 10.3. The molecule has 5 N–H and O–H groups in total. The van der Waals surface area contributed by atoms with Crippen LogP contribution in [-0.2, 0) is 0 Å². The number of aromatic hydroxyl groups is 1. The molecule has 0 bridgehead atoms. The second kappa shape index (κ2) is 9.08. The van der Waals surface area contributed by atoms with Crippen LogP contribution in [0, 0.1) is 17.6 Å². The Bertz CT molecular complexity index is 1180. The van der Waals surface area contributed by atoms with Crippen molar-refractivity contribution < 1.29 is 23.8 Å². The van der Waals surface area contributed by atoms with Crippen LogP contribution in [-0.4, -0.2) is 51.3 Å². The lowest BCUT2D eigenvalue weighted by molar-refractivity contribution is 0.0785. The van der Waals surface area contributed by atoms with Crippen LogP contribution in [0.3, 0.4) is 0 Å². The van der Waals surface area contributed by atoms with Crippen molar-refractivity contribution in [3.8, 4) is 17.0 Å². The number of amides is 1. The molecule has 10 heteroatoms. The van der Waals surface area contributed by atoms with Gasteiger partial charge < -0.3 is 26.2 Å². The molecule has 1 aliphatic heterocycles. The largest absolute Gasteiger partial charge is 0.508 e. The number of phenols is 1. The molecule has 172 valence electrons. The highest BCUT2D eigenvalue weighted by molar-refractivity contribution is 6.04. The van der Waals surface area contributed by atoms with Crippen LogP contribution in [0.25, 0.3) is 11.3 Å². The zero-order chi connectivity index (χ0) is 23.7. The average molecular weight is 455 g/mol. The van der Waals surface area contributed by atoms with E-state index in [-0.39, 0.29) is 22.9 Å². The minimum Gasteiger partial charge on any atom is -0.508 e. The number of carbonyl (C=O) groups excluding carboxylic acids is 1. The third kappa shape index (κ3) is 4.62. The number of phenolic OH excluding ortho intramolecular Hbond substituents is 1. The molecule has 1 amide bonds. The molecule has 0 unspecified atom stereocenters. The zero-order valence-corrected chi connectivity index (χ0v) is 17.7. The summed E-state index contributed by atoms with van der Waals surface area (Å²) in [6, 6.07) is 6.61. The normalized spacial score (nSPS) is 20.5. The maximum absolute atomic E-state index is 14.4. The molecule has 0 saturated carbocycles. The highest BCUT2D eigenvalue weighted by atomic mass is 19.1. The van der Waals surface area contributed by atoms with Gasteiger partial charge in [0.2, 0.25) is 0 Å². The predicted molar refractivity (Wildman–Crippen MR) is 119 cm³/mol. The van der Waals surface area contributed by atoms with Crippen molar-refractivity contribution in [1.29, 1.82) is 0 Å². The van der Waals surface area contributed by atoms with E-state index < -0.39 is 35.4 Å². The van der Waals surface area contributed by atoms with Gasteiger partial charge in [-0.1, -0.05) is 6.92 Å². The van der Waals surface area contributed by atoms with Crippen LogP contribution in [0.1, 0.15) is 17.4 Å². The van der Waals surface area contributed by atoms with Gasteiger partial charge in [-0.25, -0.2) is 13.8 Å². The van der Waals surface area contributed by atoms with E-state index in [1.54, 1.807) is 12.3 Å². The summed E-state index contributed by atoms with van der Waals surface area (Å²) in [5.41, 5.74) is 6.29. The number of nitrogens with zero attached hydrogens (tertiary/aromatic N) is 3. The van der Waals surface area contributed by atoms with E-state index in [4.69, 9.17) is 5.73 Å². The van der Waals surface area contributed by atoms with Gasteiger partial charge in [-0.05, 0) is 36.4 Å². The number of aliphatic hydroxyl groups is 1. The van der Waals surface area contributed by atoms with Crippen LogP contribution in [0.15, 0.2) is 48.8 Å². The number of piperidine rings is 1. The monoisotopic (exact) mass is 455 g/mol. The molecule has 3 heterocycles. The Morgan fingerprint density at radius 1 is 1.18 bits per heavy atom. The van der Waals surface area contributed by atoms with Gasteiger partial charge in [0, 0.05) is 36.8 Å². The number of hydrogen-bond acceptors (Lipinski definition) is 7. The lowest BCUT2D eigenvalue weighted by Crippen LogP contribution is -2.55. The molecule has 8 nitrogen and oxygen atoms in total. The molecule has 0 radical (unpaired) electrons. The molecular weight excluding hydrogens is 432 g/mol. The molecule has 33 heavy (non-hydrogen) atoms. The fourth-order valence-electron chi connectivity index (χ4n) is 3.91. The minimum atomic E-state index is -0.840. The van der Waals surface area contributed by atoms with E-state index in [2.05, 4.69) is 15.3 Å². The Kier molecular flexibility index (Phi) is 6.21. The van der Waals surface area contributed by atoms with E-state index >= 15 is 0 Å². The van der Waals surface area contributed by atoms with Crippen molar-refractivity contribution in [3.63, 3.8) is 0 Å². The van der Waals surface area contributed by atoms with Crippen molar-refractivity contribution in [1.82, 2.24) is 9.97 Å². The SMILES string of the molecule is C[C@H]1CN(c2ccncc2NC(=O)c2ccc(F)c(-c3cc(O)ccc3F)n2)C[C@@H](N)[C@@H]1O.